The summed E-state index contributed by atoms with van der Waals surface area (Å²) in [5.74, 6) is 1.92. The van der Waals surface area contributed by atoms with Crippen LogP contribution in [0.2, 0.25) is 0 Å². The van der Waals surface area contributed by atoms with Crippen molar-refractivity contribution in [2.45, 2.75) is 112 Å². The molecule has 2 aromatic carbocycles. The smallest absolute Gasteiger partial charge is 0.146 e. The predicted octanol–water partition coefficient (Wildman–Crippen LogP) is 9.70. The molecule has 0 aliphatic carbocycles. The van der Waals surface area contributed by atoms with E-state index in [0.29, 0.717) is 17.5 Å². The Morgan fingerprint density at radius 3 is 2.40 bits per heavy atom. The van der Waals surface area contributed by atoms with Crippen LogP contribution in [0, 0.1) is 17.7 Å². The lowest BCUT2D eigenvalue weighted by Gasteiger charge is -2.32. The molecule has 4 nitrogen and oxygen atoms in total. The second-order valence-corrected chi connectivity index (χ2v) is 13.0. The summed E-state index contributed by atoms with van der Waals surface area (Å²) in [6.45, 7) is 24.9. The number of likely N-dealkylation sites (tertiary alicyclic amines) is 1. The number of rotatable bonds is 6. The number of anilines is 1. The summed E-state index contributed by atoms with van der Waals surface area (Å²) in [5, 5.41) is 0. The summed E-state index contributed by atoms with van der Waals surface area (Å²) in [6.07, 6.45) is 4.31. The molecule has 2 aliphatic heterocycles. The van der Waals surface area contributed by atoms with E-state index in [9.17, 15) is 0 Å². The van der Waals surface area contributed by atoms with E-state index >= 15 is 4.39 Å². The fourth-order valence-electron chi connectivity index (χ4n) is 6.35. The van der Waals surface area contributed by atoms with Crippen LogP contribution < -0.4 is 4.90 Å². The van der Waals surface area contributed by atoms with Gasteiger partial charge in [0.15, 0.2) is 0 Å². The number of fused-ring (bicyclic) bond motifs is 1. The van der Waals surface area contributed by atoms with Gasteiger partial charge in [0.1, 0.15) is 11.6 Å². The molecule has 1 N–H and O–H groups in total. The maximum absolute atomic E-state index is 15.5. The maximum atomic E-state index is 15.5. The van der Waals surface area contributed by atoms with Crippen LogP contribution in [0.25, 0.3) is 11.0 Å². The number of benzene rings is 2. The summed E-state index contributed by atoms with van der Waals surface area (Å²) in [4.78, 5) is 13.4. The number of hydrogen-bond donors (Lipinski definition) is 1. The highest BCUT2D eigenvalue weighted by Crippen LogP contribution is 2.43. The lowest BCUT2D eigenvalue weighted by atomic mass is 9.87. The third-order valence-corrected chi connectivity index (χ3v) is 9.13. The first-order chi connectivity index (χ1) is 19.0. The van der Waals surface area contributed by atoms with Gasteiger partial charge in [0.25, 0.3) is 0 Å². The van der Waals surface area contributed by atoms with Gasteiger partial charge in [0.2, 0.25) is 0 Å². The largest absolute Gasteiger partial charge is 0.365 e. The molecule has 3 heterocycles. The second kappa shape index (κ2) is 12.0. The number of hydrogen-bond acceptors (Lipinski definition) is 3. The first-order valence-corrected chi connectivity index (χ1v) is 15.5. The van der Waals surface area contributed by atoms with Crippen molar-refractivity contribution in [1.82, 2.24) is 14.9 Å². The Hall–Kier alpha value is -2.82. The van der Waals surface area contributed by atoms with Crippen molar-refractivity contribution in [3.8, 4) is 0 Å². The topological polar surface area (TPSA) is 35.2 Å². The number of H-pyrrole nitrogens is 1. The van der Waals surface area contributed by atoms with E-state index in [2.05, 4.69) is 94.1 Å². The normalized spacial score (nSPS) is 22.1. The van der Waals surface area contributed by atoms with Crippen molar-refractivity contribution >= 4 is 16.7 Å². The summed E-state index contributed by atoms with van der Waals surface area (Å²) in [5.41, 5.74) is 6.16. The van der Waals surface area contributed by atoms with E-state index in [4.69, 9.17) is 4.98 Å². The number of allylic oxidation sites excluding steroid dienone is 1. The van der Waals surface area contributed by atoms with Crippen LogP contribution in [0.4, 0.5) is 10.1 Å². The molecule has 40 heavy (non-hydrogen) atoms. The van der Waals surface area contributed by atoms with Crippen molar-refractivity contribution in [3.63, 3.8) is 0 Å². The van der Waals surface area contributed by atoms with E-state index in [1.807, 2.05) is 19.9 Å². The summed E-state index contributed by atoms with van der Waals surface area (Å²) >= 11 is 0. The van der Waals surface area contributed by atoms with Crippen LogP contribution in [0.1, 0.15) is 117 Å². The van der Waals surface area contributed by atoms with E-state index in [1.54, 1.807) is 6.07 Å². The van der Waals surface area contributed by atoms with E-state index in [-0.39, 0.29) is 29.4 Å². The van der Waals surface area contributed by atoms with Gasteiger partial charge in [-0.05, 0) is 85.3 Å². The van der Waals surface area contributed by atoms with Crippen molar-refractivity contribution < 1.29 is 4.39 Å². The van der Waals surface area contributed by atoms with Crippen molar-refractivity contribution in [2.24, 2.45) is 11.8 Å². The molecule has 0 spiro atoms. The zero-order chi connectivity index (χ0) is 29.4. The van der Waals surface area contributed by atoms with E-state index in [0.717, 1.165) is 54.6 Å². The van der Waals surface area contributed by atoms with Gasteiger partial charge in [-0.1, -0.05) is 74.1 Å². The number of aromatic nitrogens is 2. The SMILES string of the molecule is C=C([C@@H](C)C(C)C)N1CCC[C@H]1c1nc2ccc(C3CC[C@H](C)N3c3ccc(C(C)(C)C)cc3F)cc2[nH]1.CC. The molecule has 0 bridgehead atoms. The molecule has 0 radical (unpaired) electrons. The number of nitrogens with one attached hydrogen (secondary N) is 1. The standard InChI is InChI=1S/C33H45FN4.C2H6/c1-20(2)22(4)23(5)37-17-9-10-31(37)32-35-27-14-12-24(18-28(27)36-32)29-15-11-21(3)38(29)30-16-13-25(19-26(30)34)33(6,7)8;1-2/h12-14,16,18-22,29,31H,5,9-11,15,17H2,1-4,6-8H3,(H,35,36);1-2H3/t21-,22-,29?,31-;/m0./s1. The van der Waals surface area contributed by atoms with Gasteiger partial charge in [0.05, 0.1) is 28.8 Å². The quantitative estimate of drug-likeness (QED) is 0.334. The second-order valence-electron chi connectivity index (χ2n) is 13.0. The molecule has 1 aromatic heterocycles. The molecule has 5 rings (SSSR count). The molecule has 0 saturated carbocycles. The summed E-state index contributed by atoms with van der Waals surface area (Å²) in [7, 11) is 0. The molecule has 5 heteroatoms. The molecule has 3 aromatic rings. The van der Waals surface area contributed by atoms with Gasteiger partial charge in [-0.2, -0.15) is 0 Å². The van der Waals surface area contributed by atoms with Crippen molar-refractivity contribution in [1.29, 1.82) is 0 Å². The Morgan fingerprint density at radius 2 is 1.75 bits per heavy atom. The monoisotopic (exact) mass is 546 g/mol. The Kier molecular flexibility index (Phi) is 9.02. The van der Waals surface area contributed by atoms with Gasteiger partial charge >= 0.3 is 0 Å². The Morgan fingerprint density at radius 1 is 1.02 bits per heavy atom. The molecule has 4 atom stereocenters. The molecular formula is C35H51FN4. The van der Waals surface area contributed by atoms with Gasteiger partial charge < -0.3 is 14.8 Å². The molecule has 2 aliphatic rings. The lowest BCUT2D eigenvalue weighted by Crippen LogP contribution is -2.30. The Labute approximate surface area is 242 Å². The predicted molar refractivity (Wildman–Crippen MR) is 168 cm³/mol. The highest BCUT2D eigenvalue weighted by molar-refractivity contribution is 5.76. The highest BCUT2D eigenvalue weighted by Gasteiger charge is 2.35. The molecular weight excluding hydrogens is 495 g/mol. The first-order valence-electron chi connectivity index (χ1n) is 15.5. The molecule has 1 unspecified atom stereocenters. The fourth-order valence-corrected chi connectivity index (χ4v) is 6.35. The zero-order valence-corrected chi connectivity index (χ0v) is 26.3. The van der Waals surface area contributed by atoms with Crippen LogP contribution in [0.5, 0.6) is 0 Å². The van der Waals surface area contributed by atoms with Crippen LogP contribution >= 0.6 is 0 Å². The van der Waals surface area contributed by atoms with Gasteiger partial charge in [-0.25, -0.2) is 9.37 Å². The molecule has 2 fully saturated rings. The van der Waals surface area contributed by atoms with Crippen molar-refractivity contribution in [2.75, 3.05) is 11.4 Å². The fraction of sp³-hybridized carbons (Fsp3) is 0.571. The average molecular weight is 547 g/mol. The lowest BCUT2D eigenvalue weighted by molar-refractivity contribution is 0.263. The minimum absolute atomic E-state index is 0.0765. The minimum atomic E-state index is -0.127. The van der Waals surface area contributed by atoms with Crippen molar-refractivity contribution in [3.05, 3.63) is 71.4 Å². The number of halogens is 1. The van der Waals surface area contributed by atoms with Crippen LogP contribution in [0.15, 0.2) is 48.7 Å². The third-order valence-electron chi connectivity index (χ3n) is 9.13. The summed E-state index contributed by atoms with van der Waals surface area (Å²) < 4.78 is 15.5. The molecule has 0 amide bonds. The highest BCUT2D eigenvalue weighted by atomic mass is 19.1. The van der Waals surface area contributed by atoms with Gasteiger partial charge in [-0.15, -0.1) is 0 Å². The van der Waals surface area contributed by atoms with Gasteiger partial charge in [-0.3, -0.25) is 0 Å². The van der Waals surface area contributed by atoms with E-state index in [1.165, 1.54) is 11.3 Å². The Bertz CT molecular complexity index is 1320. The summed E-state index contributed by atoms with van der Waals surface area (Å²) in [6, 6.07) is 13.0. The first kappa shape index (κ1) is 30.1. The maximum Gasteiger partial charge on any atom is 0.146 e. The van der Waals surface area contributed by atoms with Crippen LogP contribution in [-0.2, 0) is 5.41 Å². The van der Waals surface area contributed by atoms with Gasteiger partial charge in [0, 0.05) is 18.3 Å². The van der Waals surface area contributed by atoms with Crippen LogP contribution in [0.3, 0.4) is 0 Å². The zero-order valence-electron chi connectivity index (χ0n) is 26.3. The number of nitrogens with zero attached hydrogens (tertiary/aromatic N) is 3. The number of aromatic amines is 1. The third kappa shape index (κ3) is 5.80. The van der Waals surface area contributed by atoms with E-state index < -0.39 is 0 Å². The minimum Gasteiger partial charge on any atom is -0.365 e. The van der Waals surface area contributed by atoms with Crippen LogP contribution in [-0.4, -0.2) is 27.5 Å². The average Bonchev–Trinajstić information content (AvgIpc) is 3.66. The number of imidazole rings is 1. The Balaban J connectivity index is 0.00000181. The molecule has 2 saturated heterocycles. The molecule has 218 valence electrons.